The van der Waals surface area contributed by atoms with Crippen molar-refractivity contribution in [1.82, 2.24) is 0 Å². The van der Waals surface area contributed by atoms with Gasteiger partial charge in [0, 0.05) is 7.11 Å². The average molecular weight is 312 g/mol. The van der Waals surface area contributed by atoms with Crippen molar-refractivity contribution in [3.63, 3.8) is 0 Å². The molecule has 0 bridgehead atoms. The normalized spacial score (nSPS) is 12.8. The zero-order valence-corrected chi connectivity index (χ0v) is 13.8. The third-order valence-electron chi connectivity index (χ3n) is 3.77. The molecule has 0 saturated heterocycles. The fourth-order valence-corrected chi connectivity index (χ4v) is 2.77. The van der Waals surface area contributed by atoms with Crippen molar-refractivity contribution in [2.45, 2.75) is 26.7 Å². The summed E-state index contributed by atoms with van der Waals surface area (Å²) in [5, 5.41) is 0. The molecule has 0 heterocycles. The fraction of sp³-hybridized carbons (Fsp3) is 1.00. The standard InChI is InChI=1S/C13H29NO5S/c1-4-14(5-2,9-10-19-12-11-18-3)8-6-7-13-20(15,16)17/h4-13H2,1-3H3/p+1. The lowest BCUT2D eigenvalue weighted by molar-refractivity contribution is -0.925. The Balaban J connectivity index is 4.04. The summed E-state index contributed by atoms with van der Waals surface area (Å²) in [5.41, 5.74) is 0. The van der Waals surface area contributed by atoms with Crippen LogP contribution >= 0.6 is 0 Å². The molecule has 0 aliphatic carbocycles. The number of likely N-dealkylation sites (N-methyl/N-ethyl adjacent to an activating group) is 1. The zero-order valence-electron chi connectivity index (χ0n) is 13.0. The molecule has 0 aliphatic heterocycles. The van der Waals surface area contributed by atoms with Crippen LogP contribution in [0.2, 0.25) is 0 Å². The van der Waals surface area contributed by atoms with Gasteiger partial charge in [-0.25, -0.2) is 0 Å². The quantitative estimate of drug-likeness (QED) is 0.314. The summed E-state index contributed by atoms with van der Waals surface area (Å²) < 4.78 is 41.5. The molecule has 0 saturated carbocycles. The van der Waals surface area contributed by atoms with Gasteiger partial charge in [0.2, 0.25) is 0 Å². The van der Waals surface area contributed by atoms with Gasteiger partial charge in [0.25, 0.3) is 10.1 Å². The minimum atomic E-state index is -3.83. The summed E-state index contributed by atoms with van der Waals surface area (Å²) >= 11 is 0. The molecular formula is C13H30NO5S+. The molecule has 1 N–H and O–H groups in total. The Morgan fingerprint density at radius 1 is 1.00 bits per heavy atom. The van der Waals surface area contributed by atoms with Gasteiger partial charge < -0.3 is 14.0 Å². The maximum atomic E-state index is 10.7. The zero-order chi connectivity index (χ0) is 15.5. The van der Waals surface area contributed by atoms with Gasteiger partial charge in [-0.05, 0) is 26.7 Å². The van der Waals surface area contributed by atoms with Gasteiger partial charge in [0.15, 0.2) is 0 Å². The summed E-state index contributed by atoms with van der Waals surface area (Å²) in [4.78, 5) is 0. The van der Waals surface area contributed by atoms with Crippen molar-refractivity contribution in [2.75, 3.05) is 58.9 Å². The van der Waals surface area contributed by atoms with Gasteiger partial charge in [0.1, 0.15) is 6.54 Å². The van der Waals surface area contributed by atoms with E-state index in [1.165, 1.54) is 0 Å². The van der Waals surface area contributed by atoms with E-state index in [0.29, 0.717) is 26.2 Å². The van der Waals surface area contributed by atoms with E-state index in [4.69, 9.17) is 14.0 Å². The smallest absolute Gasteiger partial charge is 0.264 e. The van der Waals surface area contributed by atoms with Crippen LogP contribution in [0.1, 0.15) is 26.7 Å². The highest BCUT2D eigenvalue weighted by atomic mass is 32.2. The lowest BCUT2D eigenvalue weighted by atomic mass is 10.2. The van der Waals surface area contributed by atoms with E-state index >= 15 is 0 Å². The van der Waals surface area contributed by atoms with E-state index in [1.54, 1.807) is 7.11 Å². The van der Waals surface area contributed by atoms with Crippen molar-refractivity contribution >= 4 is 10.1 Å². The molecule has 20 heavy (non-hydrogen) atoms. The third kappa shape index (κ3) is 9.66. The lowest BCUT2D eigenvalue weighted by Gasteiger charge is -2.37. The summed E-state index contributed by atoms with van der Waals surface area (Å²) in [6.07, 6.45) is 1.29. The molecule has 0 aromatic carbocycles. The molecule has 6 nitrogen and oxygen atoms in total. The van der Waals surface area contributed by atoms with Gasteiger partial charge >= 0.3 is 0 Å². The second-order valence-corrected chi connectivity index (χ2v) is 6.59. The van der Waals surface area contributed by atoms with Crippen molar-refractivity contribution in [1.29, 1.82) is 0 Å². The first-order chi connectivity index (χ1) is 9.39. The van der Waals surface area contributed by atoms with Crippen LogP contribution in [-0.2, 0) is 19.6 Å². The highest BCUT2D eigenvalue weighted by Crippen LogP contribution is 2.09. The first kappa shape index (κ1) is 19.8. The molecule has 0 rings (SSSR count). The second-order valence-electron chi connectivity index (χ2n) is 5.02. The molecule has 122 valence electrons. The van der Waals surface area contributed by atoms with Crippen molar-refractivity contribution in [2.24, 2.45) is 0 Å². The van der Waals surface area contributed by atoms with E-state index < -0.39 is 10.1 Å². The predicted molar refractivity (Wildman–Crippen MR) is 79.4 cm³/mol. The number of rotatable bonds is 13. The molecule has 0 spiro atoms. The van der Waals surface area contributed by atoms with E-state index in [9.17, 15) is 8.42 Å². The Bertz CT molecular complexity index is 328. The van der Waals surface area contributed by atoms with Crippen LogP contribution in [0.4, 0.5) is 0 Å². The Kier molecular flexibility index (Phi) is 10.4. The van der Waals surface area contributed by atoms with Gasteiger partial charge in [0.05, 0.1) is 45.2 Å². The van der Waals surface area contributed by atoms with E-state index in [2.05, 4.69) is 13.8 Å². The monoisotopic (exact) mass is 312 g/mol. The Morgan fingerprint density at radius 2 is 1.65 bits per heavy atom. The van der Waals surface area contributed by atoms with E-state index in [-0.39, 0.29) is 5.75 Å². The minimum absolute atomic E-state index is 0.148. The summed E-state index contributed by atoms with van der Waals surface area (Å²) in [6, 6.07) is 0. The number of methoxy groups -OCH3 is 1. The van der Waals surface area contributed by atoms with Crippen molar-refractivity contribution < 1.29 is 26.9 Å². The Labute approximate surface area is 123 Å². The number of nitrogens with zero attached hydrogens (tertiary/aromatic N) is 1. The number of ether oxygens (including phenoxy) is 2. The highest BCUT2D eigenvalue weighted by molar-refractivity contribution is 7.85. The molecule has 0 aromatic heterocycles. The molecular weight excluding hydrogens is 282 g/mol. The minimum Gasteiger partial charge on any atom is -0.382 e. The highest BCUT2D eigenvalue weighted by Gasteiger charge is 2.22. The van der Waals surface area contributed by atoms with Gasteiger partial charge in [-0.2, -0.15) is 8.42 Å². The topological polar surface area (TPSA) is 72.8 Å². The Morgan fingerprint density at radius 3 is 2.15 bits per heavy atom. The Hall–Kier alpha value is -0.210. The number of unbranched alkanes of at least 4 members (excludes halogenated alkanes) is 1. The SMILES string of the molecule is CC[N+](CC)(CCCCS(=O)(=O)O)CCOCCOC. The van der Waals surface area contributed by atoms with E-state index in [1.807, 2.05) is 0 Å². The van der Waals surface area contributed by atoms with Crippen LogP contribution in [0.3, 0.4) is 0 Å². The number of quaternary nitrogens is 1. The summed E-state index contributed by atoms with van der Waals surface area (Å²) in [6.45, 7) is 10.00. The van der Waals surface area contributed by atoms with Crippen LogP contribution in [0, 0.1) is 0 Å². The van der Waals surface area contributed by atoms with Crippen LogP contribution in [0.5, 0.6) is 0 Å². The van der Waals surface area contributed by atoms with Crippen molar-refractivity contribution in [3.05, 3.63) is 0 Å². The molecule has 0 amide bonds. The number of hydrogen-bond acceptors (Lipinski definition) is 4. The van der Waals surface area contributed by atoms with Gasteiger partial charge in [-0.15, -0.1) is 0 Å². The summed E-state index contributed by atoms with van der Waals surface area (Å²) in [7, 11) is -2.18. The third-order valence-corrected chi connectivity index (χ3v) is 4.57. The second kappa shape index (κ2) is 10.5. The molecule has 0 fully saturated rings. The molecule has 0 atom stereocenters. The molecule has 0 radical (unpaired) electrons. The average Bonchev–Trinajstić information content (AvgIpc) is 2.40. The first-order valence-electron chi connectivity index (χ1n) is 7.26. The van der Waals surface area contributed by atoms with E-state index in [0.717, 1.165) is 37.1 Å². The van der Waals surface area contributed by atoms with Crippen LogP contribution in [0.15, 0.2) is 0 Å². The van der Waals surface area contributed by atoms with Crippen LogP contribution in [0.25, 0.3) is 0 Å². The predicted octanol–water partition coefficient (Wildman–Crippen LogP) is 1.17. The number of hydrogen-bond donors (Lipinski definition) is 1. The van der Waals surface area contributed by atoms with Crippen LogP contribution < -0.4 is 0 Å². The first-order valence-corrected chi connectivity index (χ1v) is 8.87. The summed E-state index contributed by atoms with van der Waals surface area (Å²) in [5.74, 6) is -0.148. The van der Waals surface area contributed by atoms with Gasteiger partial charge in [-0.1, -0.05) is 0 Å². The van der Waals surface area contributed by atoms with Crippen LogP contribution in [-0.4, -0.2) is 76.3 Å². The molecule has 0 unspecified atom stereocenters. The maximum absolute atomic E-state index is 10.7. The fourth-order valence-electron chi connectivity index (χ4n) is 2.20. The maximum Gasteiger partial charge on any atom is 0.264 e. The molecule has 0 aliphatic rings. The molecule has 0 aromatic rings. The lowest BCUT2D eigenvalue weighted by Crippen LogP contribution is -2.50. The molecule has 7 heteroatoms. The van der Waals surface area contributed by atoms with Gasteiger partial charge in [-0.3, -0.25) is 4.55 Å². The van der Waals surface area contributed by atoms with Crippen molar-refractivity contribution in [3.8, 4) is 0 Å². The largest absolute Gasteiger partial charge is 0.382 e.